The van der Waals surface area contributed by atoms with Crippen molar-refractivity contribution < 1.29 is 24.2 Å². The van der Waals surface area contributed by atoms with E-state index in [9.17, 15) is 14.7 Å². The summed E-state index contributed by atoms with van der Waals surface area (Å²) < 4.78 is 10.9. The summed E-state index contributed by atoms with van der Waals surface area (Å²) in [4.78, 5) is 29.8. The van der Waals surface area contributed by atoms with Gasteiger partial charge in [0.1, 0.15) is 17.3 Å². The van der Waals surface area contributed by atoms with E-state index in [1.54, 1.807) is 32.0 Å². The number of amides is 1. The lowest BCUT2D eigenvalue weighted by Crippen LogP contribution is -2.32. The lowest BCUT2D eigenvalue weighted by molar-refractivity contribution is -0.140. The fourth-order valence-electron chi connectivity index (χ4n) is 4.08. The Morgan fingerprint density at radius 2 is 1.94 bits per heavy atom. The first-order valence-electron chi connectivity index (χ1n) is 10.4. The SMILES string of the molecule is COc1ccc(OC)c([C@@H]2/C(=C(\O)c3c(C)n[nH]c3C)C(=O)C(=O)N2CCCN(C)C)c1. The van der Waals surface area contributed by atoms with Crippen LogP contribution in [0.15, 0.2) is 23.8 Å². The third kappa shape index (κ3) is 4.20. The molecule has 2 N–H and O–H groups in total. The van der Waals surface area contributed by atoms with Gasteiger partial charge in [-0.25, -0.2) is 0 Å². The second-order valence-electron chi connectivity index (χ2n) is 8.07. The lowest BCUT2D eigenvalue weighted by Gasteiger charge is -2.27. The van der Waals surface area contributed by atoms with Crippen LogP contribution in [0.1, 0.15) is 35.0 Å². The van der Waals surface area contributed by atoms with E-state index < -0.39 is 17.7 Å². The summed E-state index contributed by atoms with van der Waals surface area (Å²) >= 11 is 0. The highest BCUT2D eigenvalue weighted by molar-refractivity contribution is 6.46. The number of hydrogen-bond acceptors (Lipinski definition) is 7. The maximum absolute atomic E-state index is 13.2. The van der Waals surface area contributed by atoms with Gasteiger partial charge in [-0.15, -0.1) is 0 Å². The molecule has 1 aromatic carbocycles. The molecule has 3 rings (SSSR count). The van der Waals surface area contributed by atoms with Gasteiger partial charge in [-0.05, 0) is 59.1 Å². The van der Waals surface area contributed by atoms with Gasteiger partial charge in [-0.2, -0.15) is 5.10 Å². The number of aromatic amines is 1. The Morgan fingerprint density at radius 3 is 2.50 bits per heavy atom. The molecule has 1 atom stereocenters. The normalized spacial score (nSPS) is 18.0. The quantitative estimate of drug-likeness (QED) is 0.367. The van der Waals surface area contributed by atoms with Crippen LogP contribution in [0.2, 0.25) is 0 Å². The van der Waals surface area contributed by atoms with E-state index in [0.717, 1.165) is 6.54 Å². The van der Waals surface area contributed by atoms with Crippen LogP contribution >= 0.6 is 0 Å². The Kier molecular flexibility index (Phi) is 6.88. The number of hydrogen-bond donors (Lipinski definition) is 2. The number of H-pyrrole nitrogens is 1. The first-order valence-corrected chi connectivity index (χ1v) is 10.4. The van der Waals surface area contributed by atoms with Gasteiger partial charge in [0.25, 0.3) is 11.7 Å². The Hall–Kier alpha value is -3.33. The maximum Gasteiger partial charge on any atom is 0.295 e. The average molecular weight is 443 g/mol. The highest BCUT2D eigenvalue weighted by atomic mass is 16.5. The van der Waals surface area contributed by atoms with Crippen LogP contribution in [0, 0.1) is 13.8 Å². The molecule has 0 radical (unpaired) electrons. The smallest absolute Gasteiger partial charge is 0.295 e. The number of aryl methyl sites for hydroxylation is 2. The average Bonchev–Trinajstić information content (AvgIpc) is 3.23. The molecule has 2 heterocycles. The van der Waals surface area contributed by atoms with Gasteiger partial charge in [0.15, 0.2) is 0 Å². The second-order valence-corrected chi connectivity index (χ2v) is 8.07. The lowest BCUT2D eigenvalue weighted by atomic mass is 9.94. The molecule has 1 fully saturated rings. The van der Waals surface area contributed by atoms with E-state index >= 15 is 0 Å². The molecule has 0 spiro atoms. The molecule has 1 aliphatic heterocycles. The summed E-state index contributed by atoms with van der Waals surface area (Å²) in [5.74, 6) is -0.601. The minimum atomic E-state index is -0.823. The number of carbonyl (C=O) groups excluding carboxylic acids is 2. The van der Waals surface area contributed by atoms with Gasteiger partial charge in [-0.1, -0.05) is 0 Å². The molecule has 0 aliphatic carbocycles. The van der Waals surface area contributed by atoms with E-state index in [0.29, 0.717) is 47.0 Å². The maximum atomic E-state index is 13.2. The first-order chi connectivity index (χ1) is 15.2. The minimum absolute atomic E-state index is 0.0130. The van der Waals surface area contributed by atoms with Crippen molar-refractivity contribution >= 4 is 17.4 Å². The number of aromatic nitrogens is 2. The fourth-order valence-corrected chi connectivity index (χ4v) is 4.08. The number of nitrogens with zero attached hydrogens (tertiary/aromatic N) is 3. The van der Waals surface area contributed by atoms with E-state index in [1.165, 1.54) is 19.1 Å². The fraction of sp³-hybridized carbons (Fsp3) is 0.435. The Balaban J connectivity index is 2.22. The van der Waals surface area contributed by atoms with Crippen LogP contribution < -0.4 is 9.47 Å². The zero-order chi connectivity index (χ0) is 23.6. The third-order valence-corrected chi connectivity index (χ3v) is 5.64. The molecule has 0 bridgehead atoms. The van der Waals surface area contributed by atoms with Gasteiger partial charge in [0.2, 0.25) is 0 Å². The number of likely N-dealkylation sites (tertiary alicyclic amines) is 1. The van der Waals surface area contributed by atoms with Crippen LogP contribution in [-0.4, -0.2) is 78.2 Å². The predicted molar refractivity (Wildman–Crippen MR) is 120 cm³/mol. The molecular weight excluding hydrogens is 412 g/mol. The number of methoxy groups -OCH3 is 2. The van der Waals surface area contributed by atoms with E-state index in [1.807, 2.05) is 19.0 Å². The number of benzene rings is 1. The van der Waals surface area contributed by atoms with Crippen molar-refractivity contribution in [3.05, 3.63) is 46.3 Å². The molecule has 1 saturated heterocycles. The van der Waals surface area contributed by atoms with E-state index in [-0.39, 0.29) is 11.3 Å². The van der Waals surface area contributed by atoms with Gasteiger partial charge < -0.3 is 24.4 Å². The highest BCUT2D eigenvalue weighted by Crippen LogP contribution is 2.44. The summed E-state index contributed by atoms with van der Waals surface area (Å²) in [6.07, 6.45) is 0.659. The topological polar surface area (TPSA) is 108 Å². The molecule has 1 amide bonds. The summed E-state index contributed by atoms with van der Waals surface area (Å²) in [6.45, 7) is 4.56. The van der Waals surface area contributed by atoms with E-state index in [4.69, 9.17) is 9.47 Å². The Bertz CT molecular complexity index is 1040. The van der Waals surface area contributed by atoms with Crippen molar-refractivity contribution in [3.63, 3.8) is 0 Å². The van der Waals surface area contributed by atoms with Gasteiger partial charge >= 0.3 is 0 Å². The van der Waals surface area contributed by atoms with Gasteiger partial charge in [-0.3, -0.25) is 14.7 Å². The molecule has 9 nitrogen and oxygen atoms in total. The van der Waals surface area contributed by atoms with Crippen molar-refractivity contribution in [1.29, 1.82) is 0 Å². The molecule has 1 aliphatic rings. The zero-order valence-electron chi connectivity index (χ0n) is 19.4. The number of ether oxygens (including phenoxy) is 2. The molecule has 2 aromatic rings. The summed E-state index contributed by atoms with van der Waals surface area (Å²) in [7, 11) is 6.95. The summed E-state index contributed by atoms with van der Waals surface area (Å²) in [5.41, 5.74) is 2.14. The Morgan fingerprint density at radius 1 is 1.22 bits per heavy atom. The number of Topliss-reactive ketones (excluding diaryl/α,β-unsaturated/α-hetero) is 1. The van der Waals surface area contributed by atoms with Crippen LogP contribution in [0.5, 0.6) is 11.5 Å². The van der Waals surface area contributed by atoms with Crippen molar-refractivity contribution in [3.8, 4) is 11.5 Å². The van der Waals surface area contributed by atoms with Crippen LogP contribution in [0.3, 0.4) is 0 Å². The molecule has 9 heteroatoms. The number of rotatable bonds is 8. The summed E-state index contributed by atoms with van der Waals surface area (Å²) in [6, 6.07) is 4.38. The van der Waals surface area contributed by atoms with Crippen molar-refractivity contribution in [2.45, 2.75) is 26.3 Å². The van der Waals surface area contributed by atoms with E-state index in [2.05, 4.69) is 10.2 Å². The number of carbonyl (C=O) groups is 2. The predicted octanol–water partition coefficient (Wildman–Crippen LogP) is 2.42. The minimum Gasteiger partial charge on any atom is -0.507 e. The van der Waals surface area contributed by atoms with Gasteiger partial charge in [0.05, 0.1) is 37.1 Å². The molecule has 172 valence electrons. The first kappa shape index (κ1) is 23.3. The summed E-state index contributed by atoms with van der Waals surface area (Å²) in [5, 5.41) is 18.2. The molecular formula is C23H30N4O5. The largest absolute Gasteiger partial charge is 0.507 e. The number of aliphatic hydroxyl groups is 1. The van der Waals surface area contributed by atoms with Crippen molar-refractivity contribution in [2.24, 2.45) is 0 Å². The number of aliphatic hydroxyl groups excluding tert-OH is 1. The molecule has 1 aromatic heterocycles. The van der Waals surface area contributed by atoms with Gasteiger partial charge in [0, 0.05) is 17.8 Å². The van der Waals surface area contributed by atoms with Crippen molar-refractivity contribution in [1.82, 2.24) is 20.0 Å². The zero-order valence-corrected chi connectivity index (χ0v) is 19.4. The highest BCUT2D eigenvalue weighted by Gasteiger charge is 2.47. The second kappa shape index (κ2) is 9.44. The Labute approximate surface area is 187 Å². The monoisotopic (exact) mass is 442 g/mol. The van der Waals surface area contributed by atoms with Crippen LogP contribution in [0.4, 0.5) is 0 Å². The molecule has 32 heavy (non-hydrogen) atoms. The molecule has 0 unspecified atom stereocenters. The van der Waals surface area contributed by atoms with Crippen LogP contribution in [-0.2, 0) is 9.59 Å². The standard InChI is InChI=1S/C23H30N4O5/c1-13-18(14(2)25-24-13)21(28)19-20(16-12-15(31-5)8-9-17(16)32-6)27(23(30)22(19)29)11-7-10-26(3)4/h8-9,12,20,28H,7,10-11H2,1-6H3,(H,24,25)/b21-19+/t20-/m1/s1. The number of ketones is 1. The third-order valence-electron chi connectivity index (χ3n) is 5.64. The van der Waals surface area contributed by atoms with Crippen molar-refractivity contribution in [2.75, 3.05) is 41.4 Å². The molecule has 0 saturated carbocycles. The number of nitrogens with one attached hydrogen (secondary N) is 1. The van der Waals surface area contributed by atoms with Crippen LogP contribution in [0.25, 0.3) is 5.76 Å².